The Morgan fingerprint density at radius 2 is 0.955 bits per heavy atom. The van der Waals surface area contributed by atoms with Gasteiger partial charge in [0.25, 0.3) is 0 Å². The smallest absolute Gasteiger partial charge is 0.147 e. The fourth-order valence-electron chi connectivity index (χ4n) is 2.76. The molecule has 0 fully saturated rings. The number of fused-ring (bicyclic) bond motifs is 2. The average Bonchev–Trinajstić information content (AvgIpc) is 2.54. The Kier molecular flexibility index (Phi) is 5.08. The quantitative estimate of drug-likeness (QED) is 0.384. The van der Waals surface area contributed by atoms with Gasteiger partial charge in [-0.25, -0.2) is 0 Å². The van der Waals surface area contributed by atoms with E-state index in [-0.39, 0.29) is 26.0 Å². The summed E-state index contributed by atoms with van der Waals surface area (Å²) in [6, 6.07) is 31.8. The van der Waals surface area contributed by atoms with Gasteiger partial charge in [-0.15, -0.1) is 93.3 Å². The monoisotopic (exact) mass is 319 g/mol. The predicted molar refractivity (Wildman–Crippen MR) is 91.3 cm³/mol. The van der Waals surface area contributed by atoms with Crippen molar-refractivity contribution in [3.8, 4) is 11.1 Å². The number of hydrogen-bond donors (Lipinski definition) is 0. The predicted octanol–water partition coefficient (Wildman–Crippen LogP) is 5.89. The minimum absolute atomic E-state index is 0. The fraction of sp³-hybridized carbons (Fsp3) is 0.0476. The molecular formula is C21H16V. The molecule has 0 N–H and O–H groups in total. The summed E-state index contributed by atoms with van der Waals surface area (Å²) in [5, 5.41) is 4.77. The van der Waals surface area contributed by atoms with Crippen molar-refractivity contribution in [1.82, 2.24) is 0 Å². The van der Waals surface area contributed by atoms with Crippen LogP contribution < -0.4 is 0 Å². The standard InChI is InChI=1S/C20H12.CH4.V/c1-3-11-17-15(7-1)9-5-13-19(17)20-14-6-10-16-8-2-4-12-18(16)20;;/h1-10,13-14H;1H4;/q-2;;+2. The first-order valence-electron chi connectivity index (χ1n) is 6.73. The van der Waals surface area contributed by atoms with Gasteiger partial charge in [-0.3, -0.25) is 0 Å². The van der Waals surface area contributed by atoms with Gasteiger partial charge >= 0.3 is 18.6 Å². The Morgan fingerprint density at radius 3 is 1.41 bits per heavy atom. The summed E-state index contributed by atoms with van der Waals surface area (Å²) in [5.74, 6) is 0. The first-order valence-corrected chi connectivity index (χ1v) is 6.73. The van der Waals surface area contributed by atoms with E-state index in [1.54, 1.807) is 0 Å². The minimum atomic E-state index is 0. The van der Waals surface area contributed by atoms with Crippen LogP contribution in [0.4, 0.5) is 0 Å². The van der Waals surface area contributed by atoms with Crippen molar-refractivity contribution in [1.29, 1.82) is 0 Å². The van der Waals surface area contributed by atoms with Gasteiger partial charge < -0.3 is 0 Å². The third-order valence-corrected chi connectivity index (χ3v) is 3.68. The van der Waals surface area contributed by atoms with Gasteiger partial charge in [0.15, 0.2) is 0 Å². The first kappa shape index (κ1) is 16.4. The zero-order valence-corrected chi connectivity index (χ0v) is 12.8. The zero-order valence-electron chi connectivity index (χ0n) is 11.4. The summed E-state index contributed by atoms with van der Waals surface area (Å²) < 4.78 is 0. The van der Waals surface area contributed by atoms with Gasteiger partial charge in [0, 0.05) is 0 Å². The molecule has 0 nitrogen and oxygen atoms in total. The molecule has 0 bridgehead atoms. The number of benzene rings is 4. The zero-order chi connectivity index (χ0) is 13.4. The van der Waals surface area contributed by atoms with E-state index in [4.69, 9.17) is 0 Å². The fourth-order valence-corrected chi connectivity index (χ4v) is 2.76. The van der Waals surface area contributed by atoms with Crippen molar-refractivity contribution in [2.45, 2.75) is 7.43 Å². The van der Waals surface area contributed by atoms with Crippen molar-refractivity contribution >= 4 is 21.5 Å². The van der Waals surface area contributed by atoms with Crippen LogP contribution >= 0.6 is 0 Å². The van der Waals surface area contributed by atoms with Crippen molar-refractivity contribution in [3.05, 3.63) is 84.9 Å². The summed E-state index contributed by atoms with van der Waals surface area (Å²) in [4.78, 5) is 0. The summed E-state index contributed by atoms with van der Waals surface area (Å²) in [5.41, 5.74) is 2.44. The topological polar surface area (TPSA) is 0 Å². The summed E-state index contributed by atoms with van der Waals surface area (Å²) in [6.45, 7) is 0. The molecular weight excluding hydrogens is 303 g/mol. The van der Waals surface area contributed by atoms with Gasteiger partial charge in [-0.2, -0.15) is 0 Å². The maximum Gasteiger partial charge on any atom is 2.00 e. The van der Waals surface area contributed by atoms with E-state index < -0.39 is 0 Å². The summed E-state index contributed by atoms with van der Waals surface area (Å²) in [6.07, 6.45) is 0. The first-order chi connectivity index (χ1) is 9.93. The van der Waals surface area contributed by atoms with Crippen LogP contribution in [0.1, 0.15) is 7.43 Å². The molecule has 0 heterocycles. The molecule has 4 rings (SSSR count). The maximum absolute atomic E-state index is 3.37. The van der Waals surface area contributed by atoms with E-state index in [0.29, 0.717) is 0 Å². The van der Waals surface area contributed by atoms with Gasteiger partial charge in [0.1, 0.15) is 0 Å². The van der Waals surface area contributed by atoms with E-state index in [0.717, 1.165) is 0 Å². The van der Waals surface area contributed by atoms with Crippen molar-refractivity contribution < 1.29 is 18.6 Å². The van der Waals surface area contributed by atoms with E-state index in [2.05, 4.69) is 60.7 Å². The average molecular weight is 319 g/mol. The van der Waals surface area contributed by atoms with E-state index in [1.165, 1.54) is 32.7 Å². The Hall–Kier alpha value is -2.02. The van der Waals surface area contributed by atoms with Crippen LogP contribution in [0, 0.1) is 12.1 Å². The van der Waals surface area contributed by atoms with Gasteiger partial charge in [-0.05, 0) is 0 Å². The summed E-state index contributed by atoms with van der Waals surface area (Å²) in [7, 11) is 0. The Labute approximate surface area is 143 Å². The van der Waals surface area contributed by atoms with Crippen molar-refractivity contribution in [3.63, 3.8) is 0 Å². The third-order valence-electron chi connectivity index (χ3n) is 3.68. The summed E-state index contributed by atoms with van der Waals surface area (Å²) >= 11 is 0. The Morgan fingerprint density at radius 1 is 0.545 bits per heavy atom. The minimum Gasteiger partial charge on any atom is -0.147 e. The molecule has 0 unspecified atom stereocenters. The van der Waals surface area contributed by atoms with Crippen molar-refractivity contribution in [2.24, 2.45) is 0 Å². The van der Waals surface area contributed by atoms with Gasteiger partial charge in [0.05, 0.1) is 0 Å². The van der Waals surface area contributed by atoms with Gasteiger partial charge in [0.2, 0.25) is 0 Å². The Balaban J connectivity index is 0.000000882. The second-order valence-electron chi connectivity index (χ2n) is 4.88. The van der Waals surface area contributed by atoms with Crippen molar-refractivity contribution in [2.75, 3.05) is 0 Å². The van der Waals surface area contributed by atoms with E-state index >= 15 is 0 Å². The molecule has 105 valence electrons. The largest absolute Gasteiger partial charge is 2.00 e. The second kappa shape index (κ2) is 6.83. The third kappa shape index (κ3) is 2.68. The molecule has 4 aromatic rings. The molecule has 1 radical (unpaired) electrons. The van der Waals surface area contributed by atoms with E-state index in [9.17, 15) is 0 Å². The Bertz CT molecular complexity index is 822. The molecule has 0 saturated heterocycles. The molecule has 0 amide bonds. The molecule has 1 heteroatoms. The van der Waals surface area contributed by atoms with Crippen LogP contribution in [0.25, 0.3) is 32.7 Å². The molecule has 0 aliphatic carbocycles. The molecule has 0 aliphatic rings. The molecule has 22 heavy (non-hydrogen) atoms. The number of hydrogen-bond acceptors (Lipinski definition) is 0. The maximum atomic E-state index is 3.37. The SMILES string of the molecule is C.[V+2].[c-]1cccc2cccc(-c3cccc4ccc[c-]c34)c12. The van der Waals surface area contributed by atoms with Crippen LogP contribution in [-0.4, -0.2) is 0 Å². The van der Waals surface area contributed by atoms with Crippen LogP contribution in [0.15, 0.2) is 72.8 Å². The normalized spacial score (nSPS) is 10.0. The van der Waals surface area contributed by atoms with Crippen LogP contribution in [0.3, 0.4) is 0 Å². The molecule has 0 spiro atoms. The molecule has 0 atom stereocenters. The molecule has 0 aliphatic heterocycles. The van der Waals surface area contributed by atoms with Crippen LogP contribution in [0.2, 0.25) is 0 Å². The van der Waals surface area contributed by atoms with Gasteiger partial charge in [-0.1, -0.05) is 31.7 Å². The molecule has 0 saturated carbocycles. The van der Waals surface area contributed by atoms with Crippen LogP contribution in [0.5, 0.6) is 0 Å². The number of rotatable bonds is 1. The van der Waals surface area contributed by atoms with Crippen LogP contribution in [-0.2, 0) is 18.6 Å². The molecule has 4 aromatic carbocycles. The van der Waals surface area contributed by atoms with E-state index in [1.807, 2.05) is 24.3 Å². The molecule has 0 aromatic heterocycles. The second-order valence-corrected chi connectivity index (χ2v) is 4.88.